The van der Waals surface area contributed by atoms with Gasteiger partial charge in [-0.25, -0.2) is 0 Å². The van der Waals surface area contributed by atoms with Crippen LogP contribution in [-0.4, -0.2) is 18.1 Å². The Morgan fingerprint density at radius 2 is 2.05 bits per heavy atom. The number of alkyl halides is 3. The third kappa shape index (κ3) is 4.48. The van der Waals surface area contributed by atoms with E-state index in [2.05, 4.69) is 5.32 Å². The molecule has 2 unspecified atom stereocenters. The third-order valence-corrected chi connectivity index (χ3v) is 4.82. The molecule has 2 rings (SSSR count). The molecule has 1 saturated carbocycles. The van der Waals surface area contributed by atoms with Crippen molar-refractivity contribution in [2.45, 2.75) is 37.9 Å². The molecule has 0 saturated heterocycles. The van der Waals surface area contributed by atoms with Gasteiger partial charge in [-0.2, -0.15) is 13.2 Å². The second-order valence-electron chi connectivity index (χ2n) is 5.20. The first-order valence-electron chi connectivity index (χ1n) is 6.60. The first-order chi connectivity index (χ1) is 9.77. The lowest BCUT2D eigenvalue weighted by Gasteiger charge is -2.31. The molecule has 116 valence electrons. The number of halogens is 5. The molecular formula is C14H14ClF3INO. The highest BCUT2D eigenvalue weighted by molar-refractivity contribution is 14.1. The Morgan fingerprint density at radius 1 is 1.33 bits per heavy atom. The van der Waals surface area contributed by atoms with E-state index in [1.165, 1.54) is 6.07 Å². The Morgan fingerprint density at radius 3 is 2.71 bits per heavy atom. The molecular weight excluding hydrogens is 418 g/mol. The molecule has 0 aromatic heterocycles. The molecule has 0 aliphatic heterocycles. The van der Waals surface area contributed by atoms with E-state index in [0.717, 1.165) is 3.57 Å². The first kappa shape index (κ1) is 16.9. The monoisotopic (exact) mass is 431 g/mol. The van der Waals surface area contributed by atoms with Crippen LogP contribution in [0.2, 0.25) is 5.02 Å². The second kappa shape index (κ2) is 6.73. The highest BCUT2D eigenvalue weighted by Gasteiger charge is 2.42. The van der Waals surface area contributed by atoms with Gasteiger partial charge in [0.15, 0.2) is 0 Å². The zero-order valence-corrected chi connectivity index (χ0v) is 13.9. The van der Waals surface area contributed by atoms with Crippen molar-refractivity contribution < 1.29 is 18.0 Å². The Balaban J connectivity index is 2.04. The van der Waals surface area contributed by atoms with Crippen molar-refractivity contribution in [2.24, 2.45) is 5.92 Å². The van der Waals surface area contributed by atoms with Crippen molar-refractivity contribution in [2.75, 3.05) is 0 Å². The molecule has 1 fully saturated rings. The maximum absolute atomic E-state index is 12.8. The van der Waals surface area contributed by atoms with Gasteiger partial charge in [-0.3, -0.25) is 4.79 Å². The van der Waals surface area contributed by atoms with Gasteiger partial charge in [0.25, 0.3) is 5.91 Å². The fourth-order valence-corrected chi connectivity index (χ4v) is 3.31. The number of rotatable bonds is 2. The standard InChI is InChI=1S/C14H14ClF3INO/c15-9-4-5-12(19)11(7-9)13(21)20-10-3-1-2-8(6-10)14(16,17)18/h4-5,7-8,10H,1-3,6H2,(H,20,21). The lowest BCUT2D eigenvalue weighted by Crippen LogP contribution is -2.41. The topological polar surface area (TPSA) is 29.1 Å². The van der Waals surface area contributed by atoms with Crippen LogP contribution in [0.4, 0.5) is 13.2 Å². The molecule has 0 spiro atoms. The summed E-state index contributed by atoms with van der Waals surface area (Å²) in [5.41, 5.74) is 0.400. The lowest BCUT2D eigenvalue weighted by molar-refractivity contribution is -0.183. The molecule has 0 heterocycles. The highest BCUT2D eigenvalue weighted by Crippen LogP contribution is 2.37. The summed E-state index contributed by atoms with van der Waals surface area (Å²) in [5, 5.41) is 3.13. The summed E-state index contributed by atoms with van der Waals surface area (Å²) < 4.78 is 39.0. The predicted molar refractivity (Wildman–Crippen MR) is 83.4 cm³/mol. The number of carbonyl (C=O) groups is 1. The molecule has 0 radical (unpaired) electrons. The molecule has 7 heteroatoms. The van der Waals surface area contributed by atoms with Crippen LogP contribution >= 0.6 is 34.2 Å². The number of hydrogen-bond donors (Lipinski definition) is 1. The molecule has 1 amide bonds. The summed E-state index contributed by atoms with van der Waals surface area (Å²) >= 11 is 7.86. The summed E-state index contributed by atoms with van der Waals surface area (Å²) in [6.45, 7) is 0. The van der Waals surface area contributed by atoms with E-state index < -0.39 is 18.1 Å². The Labute approximate surface area is 139 Å². The van der Waals surface area contributed by atoms with Crippen LogP contribution in [0, 0.1) is 9.49 Å². The summed E-state index contributed by atoms with van der Waals surface area (Å²) in [6.07, 6.45) is -3.04. The van der Waals surface area contributed by atoms with Gasteiger partial charge in [0.05, 0.1) is 11.5 Å². The van der Waals surface area contributed by atoms with Crippen LogP contribution in [0.5, 0.6) is 0 Å². The number of amides is 1. The van der Waals surface area contributed by atoms with Gasteiger partial charge in [-0.05, 0) is 60.1 Å². The van der Waals surface area contributed by atoms with Gasteiger partial charge in [0.1, 0.15) is 0 Å². The largest absolute Gasteiger partial charge is 0.391 e. The fraction of sp³-hybridized carbons (Fsp3) is 0.500. The zero-order chi connectivity index (χ0) is 15.6. The molecule has 2 atom stereocenters. The first-order valence-corrected chi connectivity index (χ1v) is 8.05. The normalized spacial score (nSPS) is 22.9. The van der Waals surface area contributed by atoms with Crippen molar-refractivity contribution in [3.05, 3.63) is 32.4 Å². The molecule has 2 nitrogen and oxygen atoms in total. The van der Waals surface area contributed by atoms with Crippen molar-refractivity contribution in [1.29, 1.82) is 0 Å². The molecule has 1 aromatic carbocycles. The van der Waals surface area contributed by atoms with Crippen LogP contribution in [0.15, 0.2) is 18.2 Å². The molecule has 0 bridgehead atoms. The van der Waals surface area contributed by atoms with Crippen molar-refractivity contribution >= 4 is 40.1 Å². The molecule has 1 aliphatic rings. The third-order valence-electron chi connectivity index (χ3n) is 3.65. The predicted octanol–water partition coefficient (Wildman–Crippen LogP) is 4.80. The Kier molecular flexibility index (Phi) is 5.40. The quantitative estimate of drug-likeness (QED) is 0.670. The van der Waals surface area contributed by atoms with Gasteiger partial charge < -0.3 is 5.32 Å². The second-order valence-corrected chi connectivity index (χ2v) is 6.80. The minimum absolute atomic E-state index is 0.0492. The zero-order valence-electron chi connectivity index (χ0n) is 11.0. The van der Waals surface area contributed by atoms with E-state index in [-0.39, 0.29) is 18.7 Å². The van der Waals surface area contributed by atoms with E-state index in [1.807, 2.05) is 22.6 Å². The lowest BCUT2D eigenvalue weighted by atomic mass is 9.85. The number of carbonyl (C=O) groups excluding carboxylic acids is 1. The van der Waals surface area contributed by atoms with E-state index >= 15 is 0 Å². The maximum atomic E-state index is 12.8. The van der Waals surface area contributed by atoms with Crippen LogP contribution < -0.4 is 5.32 Å². The summed E-state index contributed by atoms with van der Waals surface area (Å²) in [5.74, 6) is -1.69. The van der Waals surface area contributed by atoms with E-state index in [4.69, 9.17) is 11.6 Å². The number of hydrogen-bond acceptors (Lipinski definition) is 1. The van der Waals surface area contributed by atoms with Gasteiger partial charge in [-0.1, -0.05) is 18.0 Å². The van der Waals surface area contributed by atoms with Crippen molar-refractivity contribution in [1.82, 2.24) is 5.32 Å². The van der Waals surface area contributed by atoms with Gasteiger partial charge in [-0.15, -0.1) is 0 Å². The van der Waals surface area contributed by atoms with Crippen LogP contribution in [-0.2, 0) is 0 Å². The van der Waals surface area contributed by atoms with Gasteiger partial charge >= 0.3 is 6.18 Å². The molecule has 1 N–H and O–H groups in total. The minimum Gasteiger partial charge on any atom is -0.349 e. The number of nitrogens with one attached hydrogen (secondary N) is 1. The Bertz CT molecular complexity index is 535. The average molecular weight is 432 g/mol. The fourth-order valence-electron chi connectivity index (χ4n) is 2.55. The summed E-state index contributed by atoms with van der Waals surface area (Å²) in [7, 11) is 0. The minimum atomic E-state index is -4.19. The van der Waals surface area contributed by atoms with E-state index in [9.17, 15) is 18.0 Å². The summed E-state index contributed by atoms with van der Waals surface area (Å²) in [4.78, 5) is 12.2. The van der Waals surface area contributed by atoms with Crippen molar-refractivity contribution in [3.63, 3.8) is 0 Å². The van der Waals surface area contributed by atoms with Crippen LogP contribution in [0.25, 0.3) is 0 Å². The Hall–Kier alpha value is -0.500. The van der Waals surface area contributed by atoms with Crippen LogP contribution in [0.3, 0.4) is 0 Å². The molecule has 1 aliphatic carbocycles. The summed E-state index contributed by atoms with van der Waals surface area (Å²) in [6, 6.07) is 4.47. The number of benzene rings is 1. The maximum Gasteiger partial charge on any atom is 0.391 e. The van der Waals surface area contributed by atoms with E-state index in [1.54, 1.807) is 12.1 Å². The smallest absolute Gasteiger partial charge is 0.349 e. The average Bonchev–Trinajstić information content (AvgIpc) is 2.41. The molecule has 21 heavy (non-hydrogen) atoms. The highest BCUT2D eigenvalue weighted by atomic mass is 127. The molecule has 1 aromatic rings. The van der Waals surface area contributed by atoms with Crippen LogP contribution in [0.1, 0.15) is 36.0 Å². The van der Waals surface area contributed by atoms with Gasteiger partial charge in [0, 0.05) is 14.6 Å². The van der Waals surface area contributed by atoms with E-state index in [0.29, 0.717) is 23.4 Å². The SMILES string of the molecule is O=C(NC1CCCC(C(F)(F)F)C1)c1cc(Cl)ccc1I. The van der Waals surface area contributed by atoms with Gasteiger partial charge in [0.2, 0.25) is 0 Å². The van der Waals surface area contributed by atoms with Crippen molar-refractivity contribution in [3.8, 4) is 0 Å².